The molecule has 2 N–H and O–H groups in total. The minimum absolute atomic E-state index is 0.110. The number of hydrogen-bond donors (Lipinski definition) is 1. The molecule has 0 aromatic heterocycles. The zero-order valence-corrected chi connectivity index (χ0v) is 12.4. The maximum atomic E-state index is 12.1. The van der Waals surface area contributed by atoms with Gasteiger partial charge < -0.3 is 10.5 Å². The highest BCUT2D eigenvalue weighted by atomic mass is 19.4. The molecule has 2 aromatic rings. The summed E-state index contributed by atoms with van der Waals surface area (Å²) < 4.78 is 41.1. The van der Waals surface area contributed by atoms with E-state index in [4.69, 9.17) is 10.5 Å². The molecule has 0 atom stereocenters. The van der Waals surface area contributed by atoms with Gasteiger partial charge in [0.05, 0.1) is 0 Å². The maximum absolute atomic E-state index is 12.1. The van der Waals surface area contributed by atoms with Gasteiger partial charge in [-0.1, -0.05) is 38.1 Å². The summed E-state index contributed by atoms with van der Waals surface area (Å²) in [6.07, 6.45) is -4.36. The zero-order chi connectivity index (χ0) is 16.3. The molecule has 0 aliphatic heterocycles. The largest absolute Gasteiger partial charge is 0.484 e. The van der Waals surface area contributed by atoms with Crippen LogP contribution in [0.4, 0.5) is 18.9 Å². The molecule has 22 heavy (non-hydrogen) atoms. The van der Waals surface area contributed by atoms with E-state index in [0.29, 0.717) is 11.6 Å². The van der Waals surface area contributed by atoms with Crippen LogP contribution >= 0.6 is 0 Å². The SMILES string of the molecule is CC(C)c1cccc(-c2ccc(OCC(F)(F)F)cc2N)c1. The molecule has 0 bridgehead atoms. The van der Waals surface area contributed by atoms with Crippen LogP contribution in [0.15, 0.2) is 42.5 Å². The Balaban J connectivity index is 2.24. The molecule has 0 spiro atoms. The predicted octanol–water partition coefficient (Wildman–Crippen LogP) is 5.00. The van der Waals surface area contributed by atoms with Gasteiger partial charge in [-0.15, -0.1) is 0 Å². The Morgan fingerprint density at radius 3 is 2.41 bits per heavy atom. The van der Waals surface area contributed by atoms with E-state index in [0.717, 1.165) is 11.1 Å². The lowest BCUT2D eigenvalue weighted by atomic mass is 9.96. The number of benzene rings is 2. The molecule has 0 saturated heterocycles. The first-order valence-electron chi connectivity index (χ1n) is 6.95. The van der Waals surface area contributed by atoms with Gasteiger partial charge in [0.2, 0.25) is 0 Å². The summed E-state index contributed by atoms with van der Waals surface area (Å²) in [6.45, 7) is 2.86. The van der Waals surface area contributed by atoms with Crippen LogP contribution in [0.1, 0.15) is 25.3 Å². The van der Waals surface area contributed by atoms with Crippen LogP contribution in [0.25, 0.3) is 11.1 Å². The van der Waals surface area contributed by atoms with Crippen LogP contribution in [-0.2, 0) is 0 Å². The van der Waals surface area contributed by atoms with Crippen LogP contribution in [0, 0.1) is 0 Å². The lowest BCUT2D eigenvalue weighted by Crippen LogP contribution is -2.19. The highest BCUT2D eigenvalue weighted by molar-refractivity contribution is 5.77. The van der Waals surface area contributed by atoms with Crippen molar-refractivity contribution in [3.8, 4) is 16.9 Å². The molecular weight excluding hydrogens is 291 g/mol. The van der Waals surface area contributed by atoms with Crippen LogP contribution in [0.5, 0.6) is 5.75 Å². The average Bonchev–Trinajstić information content (AvgIpc) is 2.44. The third kappa shape index (κ3) is 4.16. The van der Waals surface area contributed by atoms with Crippen molar-refractivity contribution in [2.24, 2.45) is 0 Å². The molecule has 0 radical (unpaired) electrons. The Kier molecular flexibility index (Phi) is 4.64. The minimum Gasteiger partial charge on any atom is -0.484 e. The molecule has 0 heterocycles. The fraction of sp³-hybridized carbons (Fsp3) is 0.294. The minimum atomic E-state index is -4.36. The van der Waals surface area contributed by atoms with Crippen LogP contribution < -0.4 is 10.5 Å². The van der Waals surface area contributed by atoms with Gasteiger partial charge in [-0.25, -0.2) is 0 Å². The molecule has 2 rings (SSSR count). The number of halogens is 3. The lowest BCUT2D eigenvalue weighted by Gasteiger charge is -2.13. The standard InChI is InChI=1S/C17H18F3NO/c1-11(2)12-4-3-5-13(8-12)15-7-6-14(9-16(15)21)22-10-17(18,19)20/h3-9,11H,10,21H2,1-2H3. The van der Waals surface area contributed by atoms with Crippen molar-refractivity contribution in [2.75, 3.05) is 12.3 Å². The molecule has 0 saturated carbocycles. The Bertz CT molecular complexity index is 651. The normalized spacial score (nSPS) is 11.7. The third-order valence-corrected chi connectivity index (χ3v) is 3.29. The van der Waals surface area contributed by atoms with Crippen molar-refractivity contribution in [3.63, 3.8) is 0 Å². The second-order valence-electron chi connectivity index (χ2n) is 5.43. The second-order valence-corrected chi connectivity index (χ2v) is 5.43. The number of anilines is 1. The topological polar surface area (TPSA) is 35.2 Å². The molecular formula is C17H18F3NO. The molecule has 118 valence electrons. The molecule has 0 aliphatic rings. The van der Waals surface area contributed by atoms with Crippen molar-refractivity contribution >= 4 is 5.69 Å². The Hall–Kier alpha value is -2.17. The molecule has 0 amide bonds. The van der Waals surface area contributed by atoms with E-state index in [2.05, 4.69) is 13.8 Å². The van der Waals surface area contributed by atoms with Crippen molar-refractivity contribution in [1.82, 2.24) is 0 Å². The second kappa shape index (κ2) is 6.30. The highest BCUT2D eigenvalue weighted by Crippen LogP contribution is 2.31. The van der Waals surface area contributed by atoms with Gasteiger partial charge in [-0.05, 0) is 29.2 Å². The summed E-state index contributed by atoms with van der Waals surface area (Å²) in [7, 11) is 0. The third-order valence-electron chi connectivity index (χ3n) is 3.29. The lowest BCUT2D eigenvalue weighted by molar-refractivity contribution is -0.153. The molecule has 0 fully saturated rings. The van der Waals surface area contributed by atoms with E-state index < -0.39 is 12.8 Å². The van der Waals surface area contributed by atoms with Gasteiger partial charge >= 0.3 is 6.18 Å². The van der Waals surface area contributed by atoms with E-state index in [1.165, 1.54) is 17.7 Å². The molecule has 5 heteroatoms. The van der Waals surface area contributed by atoms with Gasteiger partial charge in [0.1, 0.15) is 5.75 Å². The van der Waals surface area contributed by atoms with Gasteiger partial charge in [0, 0.05) is 17.3 Å². The first kappa shape index (κ1) is 16.2. The smallest absolute Gasteiger partial charge is 0.422 e. The van der Waals surface area contributed by atoms with E-state index in [-0.39, 0.29) is 5.75 Å². The summed E-state index contributed by atoms with van der Waals surface area (Å²) in [4.78, 5) is 0. The summed E-state index contributed by atoms with van der Waals surface area (Å²) in [5, 5.41) is 0. The first-order chi connectivity index (χ1) is 10.3. The number of nitrogen functional groups attached to an aromatic ring is 1. The van der Waals surface area contributed by atoms with Gasteiger partial charge in [-0.2, -0.15) is 13.2 Å². The van der Waals surface area contributed by atoms with E-state index >= 15 is 0 Å². The number of ether oxygens (including phenoxy) is 1. The van der Waals surface area contributed by atoms with E-state index in [9.17, 15) is 13.2 Å². The number of rotatable bonds is 4. The monoisotopic (exact) mass is 309 g/mol. The van der Waals surface area contributed by atoms with Crippen molar-refractivity contribution in [1.29, 1.82) is 0 Å². The Morgan fingerprint density at radius 2 is 1.82 bits per heavy atom. The zero-order valence-electron chi connectivity index (χ0n) is 12.4. The molecule has 2 aromatic carbocycles. The van der Waals surface area contributed by atoms with Gasteiger partial charge in [0.15, 0.2) is 6.61 Å². The van der Waals surface area contributed by atoms with Crippen molar-refractivity contribution in [3.05, 3.63) is 48.0 Å². The predicted molar refractivity (Wildman–Crippen MR) is 81.9 cm³/mol. The fourth-order valence-corrected chi connectivity index (χ4v) is 2.12. The van der Waals surface area contributed by atoms with E-state index in [1.54, 1.807) is 6.07 Å². The summed E-state index contributed by atoms with van der Waals surface area (Å²) in [5.41, 5.74) is 9.24. The quantitative estimate of drug-likeness (QED) is 0.807. The molecule has 0 unspecified atom stereocenters. The number of hydrogen-bond acceptors (Lipinski definition) is 2. The van der Waals surface area contributed by atoms with Crippen LogP contribution in [0.3, 0.4) is 0 Å². The Morgan fingerprint density at radius 1 is 1.09 bits per heavy atom. The summed E-state index contributed by atoms with van der Waals surface area (Å²) in [5.74, 6) is 0.495. The van der Waals surface area contributed by atoms with Gasteiger partial charge in [0.25, 0.3) is 0 Å². The first-order valence-corrected chi connectivity index (χ1v) is 6.95. The summed E-state index contributed by atoms with van der Waals surface area (Å²) >= 11 is 0. The van der Waals surface area contributed by atoms with Crippen molar-refractivity contribution in [2.45, 2.75) is 25.9 Å². The Labute approximate surface area is 127 Å². The number of nitrogens with two attached hydrogens (primary N) is 1. The van der Waals surface area contributed by atoms with Crippen LogP contribution in [-0.4, -0.2) is 12.8 Å². The highest BCUT2D eigenvalue weighted by Gasteiger charge is 2.28. The number of alkyl halides is 3. The summed E-state index contributed by atoms with van der Waals surface area (Å²) in [6, 6.07) is 12.5. The van der Waals surface area contributed by atoms with Crippen LogP contribution in [0.2, 0.25) is 0 Å². The molecule has 2 nitrogen and oxygen atoms in total. The average molecular weight is 309 g/mol. The fourth-order valence-electron chi connectivity index (χ4n) is 2.12. The van der Waals surface area contributed by atoms with Crippen molar-refractivity contribution < 1.29 is 17.9 Å². The van der Waals surface area contributed by atoms with E-state index in [1.807, 2.05) is 24.3 Å². The van der Waals surface area contributed by atoms with Gasteiger partial charge in [-0.3, -0.25) is 0 Å². The maximum Gasteiger partial charge on any atom is 0.422 e. The molecule has 0 aliphatic carbocycles.